The molecule has 3 aliphatic rings. The molecule has 0 aliphatic carbocycles. The largest absolute Gasteiger partial charge is 0.496 e. The van der Waals surface area contributed by atoms with Crippen molar-refractivity contribution >= 4 is 34.3 Å². The van der Waals surface area contributed by atoms with Gasteiger partial charge < -0.3 is 34.6 Å². The van der Waals surface area contributed by atoms with Crippen molar-refractivity contribution in [2.45, 2.75) is 64.0 Å². The average molecular weight is 716 g/mol. The lowest BCUT2D eigenvalue weighted by molar-refractivity contribution is -0.376. The van der Waals surface area contributed by atoms with Gasteiger partial charge in [0.15, 0.2) is 0 Å². The fraction of sp³-hybridized carbons (Fsp3) is 0.417. The van der Waals surface area contributed by atoms with Gasteiger partial charge in [-0.25, -0.2) is 4.57 Å². The molecular formula is C36H41N7O9. The predicted octanol–water partition coefficient (Wildman–Crippen LogP) is 0.824. The van der Waals surface area contributed by atoms with E-state index in [4.69, 9.17) is 9.47 Å². The molecule has 4 aromatic rings. The van der Waals surface area contributed by atoms with Crippen LogP contribution in [0.3, 0.4) is 0 Å². The molecule has 0 spiro atoms. The summed E-state index contributed by atoms with van der Waals surface area (Å²) in [7, 11) is 4.72. The molecule has 0 bridgehead atoms. The first-order valence-electron chi connectivity index (χ1n) is 17.0. The molecule has 52 heavy (non-hydrogen) atoms. The summed E-state index contributed by atoms with van der Waals surface area (Å²) in [5.74, 6) is 0.0383. The molecule has 2 fully saturated rings. The van der Waals surface area contributed by atoms with E-state index >= 15 is 0 Å². The number of methoxy groups -OCH3 is 2. The van der Waals surface area contributed by atoms with Gasteiger partial charge in [0.25, 0.3) is 11.5 Å². The number of piperidine rings is 1. The molecule has 5 heterocycles. The Morgan fingerprint density at radius 3 is 2.23 bits per heavy atom. The van der Waals surface area contributed by atoms with Crippen molar-refractivity contribution in [1.29, 1.82) is 0 Å². The van der Waals surface area contributed by atoms with Gasteiger partial charge in [-0.05, 0) is 55.7 Å². The van der Waals surface area contributed by atoms with Gasteiger partial charge in [-0.15, -0.1) is 0 Å². The highest BCUT2D eigenvalue weighted by atomic mass is 16.7. The van der Waals surface area contributed by atoms with Crippen LogP contribution in [0.5, 0.6) is 11.5 Å². The Morgan fingerprint density at radius 1 is 0.942 bits per heavy atom. The third kappa shape index (κ3) is 6.06. The summed E-state index contributed by atoms with van der Waals surface area (Å²) >= 11 is 0. The number of piperazine rings is 1. The van der Waals surface area contributed by atoms with Gasteiger partial charge in [-0.3, -0.25) is 34.1 Å². The SMILES string of the molecule is COc1cc(-c2cn(C(O)(O)O)c(=O)c3cn(C)nc23)cc(OC)c1CN1[C@H](C)CN(c2ccc3c(c2)C(=O)N(C2CCC(=O)NC2=O)C3)C[C@H]1C. The van der Waals surface area contributed by atoms with E-state index in [0.29, 0.717) is 70.9 Å². The Kier molecular flexibility index (Phi) is 8.81. The molecule has 0 radical (unpaired) electrons. The van der Waals surface area contributed by atoms with Crippen molar-refractivity contribution in [1.82, 2.24) is 29.5 Å². The number of aryl methyl sites for hydroxylation is 1. The van der Waals surface area contributed by atoms with Gasteiger partial charge in [0.1, 0.15) is 23.1 Å². The van der Waals surface area contributed by atoms with Gasteiger partial charge in [-0.2, -0.15) is 5.10 Å². The third-order valence-corrected chi connectivity index (χ3v) is 10.4. The Balaban J connectivity index is 1.13. The number of anilines is 1. The van der Waals surface area contributed by atoms with Crippen LogP contribution in [0.25, 0.3) is 22.0 Å². The van der Waals surface area contributed by atoms with Gasteiger partial charge in [0, 0.05) is 80.9 Å². The summed E-state index contributed by atoms with van der Waals surface area (Å²) in [6.45, 7) is 6.39. The van der Waals surface area contributed by atoms with E-state index in [2.05, 4.69) is 34.1 Å². The van der Waals surface area contributed by atoms with Gasteiger partial charge in [-0.1, -0.05) is 6.07 Å². The fourth-order valence-corrected chi connectivity index (χ4v) is 7.75. The first-order chi connectivity index (χ1) is 24.7. The van der Waals surface area contributed by atoms with Crippen LogP contribution in [0.15, 0.2) is 47.5 Å². The number of hydrogen-bond acceptors (Lipinski definition) is 12. The molecule has 2 aromatic heterocycles. The van der Waals surface area contributed by atoms with Crippen LogP contribution in [0.2, 0.25) is 0 Å². The van der Waals surface area contributed by atoms with E-state index in [1.165, 1.54) is 10.9 Å². The average Bonchev–Trinajstić information content (AvgIpc) is 3.65. The number of rotatable bonds is 8. The second kappa shape index (κ2) is 13.0. The summed E-state index contributed by atoms with van der Waals surface area (Å²) in [5, 5.41) is 36.7. The molecule has 3 atom stereocenters. The number of carbonyl (C=O) groups excluding carboxylic acids is 3. The fourth-order valence-electron chi connectivity index (χ4n) is 7.75. The maximum atomic E-state index is 13.5. The zero-order chi connectivity index (χ0) is 37.2. The molecule has 3 amide bonds. The number of hydrogen-bond donors (Lipinski definition) is 4. The number of amides is 3. The molecule has 7 rings (SSSR count). The molecule has 16 heteroatoms. The Morgan fingerprint density at radius 2 is 1.62 bits per heavy atom. The van der Waals surface area contributed by atoms with Gasteiger partial charge in [0.05, 0.1) is 25.2 Å². The van der Waals surface area contributed by atoms with Crippen molar-refractivity contribution in [3.05, 3.63) is 69.8 Å². The number of ether oxygens (including phenoxy) is 2. The molecule has 3 aliphatic heterocycles. The first-order valence-corrected chi connectivity index (χ1v) is 17.0. The second-order valence-electron chi connectivity index (χ2n) is 13.8. The van der Waals surface area contributed by atoms with Crippen LogP contribution in [0.4, 0.5) is 5.69 Å². The molecule has 0 saturated carbocycles. The van der Waals surface area contributed by atoms with E-state index in [9.17, 15) is 34.5 Å². The number of imide groups is 1. The predicted molar refractivity (Wildman–Crippen MR) is 187 cm³/mol. The Hall–Kier alpha value is -5.29. The lowest BCUT2D eigenvalue weighted by atomic mass is 9.99. The standard InChI is InChI=1S/C36H41N7O9/c1-19-13-40(23-7-6-21-15-42(34(46)24(21)12-23)28-8-9-31(44)37-33(28)45)14-20(2)41(19)17-26-29(51-4)10-22(11-30(26)52-5)25-18-43(36(48,49)50)35(47)27-16-39(3)38-32(25)27/h6-7,10-12,16,18-20,28,48-50H,8-9,13-15,17H2,1-5H3,(H,37,44,45)/t19-,20-,28?/m1/s1. The van der Waals surface area contributed by atoms with Crippen molar-refractivity contribution in [3.8, 4) is 22.6 Å². The summed E-state index contributed by atoms with van der Waals surface area (Å²) in [6.07, 6.45) is -0.356. The van der Waals surface area contributed by atoms with E-state index in [0.717, 1.165) is 23.0 Å². The number of aliphatic hydroxyl groups is 3. The zero-order valence-electron chi connectivity index (χ0n) is 29.5. The highest BCUT2D eigenvalue weighted by molar-refractivity contribution is 6.05. The Bertz CT molecular complexity index is 2130. The van der Waals surface area contributed by atoms with Crippen LogP contribution in [-0.4, -0.2) is 103 Å². The molecule has 2 aromatic carbocycles. The maximum absolute atomic E-state index is 13.5. The van der Waals surface area contributed by atoms with Crippen LogP contribution >= 0.6 is 0 Å². The van der Waals surface area contributed by atoms with Crippen LogP contribution in [0.1, 0.15) is 48.2 Å². The number of pyridine rings is 1. The summed E-state index contributed by atoms with van der Waals surface area (Å²) < 4.78 is 13.6. The number of benzene rings is 2. The van der Waals surface area contributed by atoms with E-state index < -0.39 is 23.6 Å². The molecule has 274 valence electrons. The van der Waals surface area contributed by atoms with Crippen LogP contribution in [0, 0.1) is 0 Å². The third-order valence-electron chi connectivity index (χ3n) is 10.4. The lowest BCUT2D eigenvalue weighted by Gasteiger charge is -2.45. The number of nitrogens with zero attached hydrogens (tertiary/aromatic N) is 6. The van der Waals surface area contributed by atoms with Gasteiger partial charge >= 0.3 is 6.10 Å². The molecular weight excluding hydrogens is 674 g/mol. The lowest BCUT2D eigenvalue weighted by Crippen LogP contribution is -2.56. The van der Waals surface area contributed by atoms with Crippen LogP contribution in [-0.2, 0) is 35.8 Å². The Labute approximate surface area is 298 Å². The number of aromatic nitrogens is 3. The van der Waals surface area contributed by atoms with Crippen LogP contribution < -0.4 is 25.2 Å². The molecule has 4 N–H and O–H groups in total. The normalized spacial score (nSPS) is 21.2. The minimum absolute atomic E-state index is 0.0604. The topological polar surface area (TPSA) is 192 Å². The van der Waals surface area contributed by atoms with Gasteiger partial charge in [0.2, 0.25) is 11.8 Å². The molecule has 16 nitrogen and oxygen atoms in total. The van der Waals surface area contributed by atoms with E-state index in [1.807, 2.05) is 18.2 Å². The minimum atomic E-state index is -3.44. The maximum Gasteiger partial charge on any atom is 0.376 e. The second-order valence-corrected chi connectivity index (χ2v) is 13.8. The molecule has 2 saturated heterocycles. The number of fused-ring (bicyclic) bond motifs is 2. The summed E-state index contributed by atoms with van der Waals surface area (Å²) in [5.41, 5.74) is 3.42. The minimum Gasteiger partial charge on any atom is -0.496 e. The number of nitrogens with one attached hydrogen (secondary N) is 1. The summed E-state index contributed by atoms with van der Waals surface area (Å²) in [4.78, 5) is 56.8. The smallest absolute Gasteiger partial charge is 0.376 e. The highest BCUT2D eigenvalue weighted by Crippen LogP contribution is 2.39. The zero-order valence-corrected chi connectivity index (χ0v) is 29.5. The van der Waals surface area contributed by atoms with Crippen molar-refractivity contribution in [2.75, 3.05) is 32.2 Å². The quantitative estimate of drug-likeness (QED) is 0.149. The highest BCUT2D eigenvalue weighted by Gasteiger charge is 2.40. The summed E-state index contributed by atoms with van der Waals surface area (Å²) in [6, 6.07) is 8.83. The monoisotopic (exact) mass is 715 g/mol. The van der Waals surface area contributed by atoms with E-state index in [1.54, 1.807) is 38.3 Å². The molecule has 1 unspecified atom stereocenters. The van der Waals surface area contributed by atoms with Crippen molar-refractivity contribution in [2.24, 2.45) is 7.05 Å². The van der Waals surface area contributed by atoms with Crippen molar-refractivity contribution < 1.29 is 39.2 Å². The van der Waals surface area contributed by atoms with Crippen molar-refractivity contribution in [3.63, 3.8) is 0 Å². The first kappa shape index (κ1) is 35.1. The number of carbonyl (C=O) groups is 3. The van der Waals surface area contributed by atoms with E-state index in [-0.39, 0.29) is 35.7 Å².